The molecule has 0 unspecified atom stereocenters. The summed E-state index contributed by atoms with van der Waals surface area (Å²) >= 11 is 12.0. The molecule has 1 amide bonds. The minimum atomic E-state index is -2.57. The second kappa shape index (κ2) is 8.96. The predicted molar refractivity (Wildman–Crippen MR) is 102 cm³/mol. The smallest absolute Gasteiger partial charge is 0.253 e. The van der Waals surface area contributed by atoms with Crippen LogP contribution in [0.1, 0.15) is 49.9 Å². The summed E-state index contributed by atoms with van der Waals surface area (Å²) in [5.41, 5.74) is 0.911. The van der Waals surface area contributed by atoms with Crippen LogP contribution >= 0.6 is 23.2 Å². The first-order valence-corrected chi connectivity index (χ1v) is 9.52. The minimum Gasteiger partial charge on any atom is -0.352 e. The number of pyridine rings is 1. The SMILES string of the molecule is CC.O=C(NCC1CCC(F)(F)CC1)c1c(Cl)ccc2nc(Cl)ccc12. The fourth-order valence-electron chi connectivity index (χ4n) is 3.01. The summed E-state index contributed by atoms with van der Waals surface area (Å²) < 4.78 is 26.4. The van der Waals surface area contributed by atoms with E-state index >= 15 is 0 Å². The number of benzene rings is 1. The second-order valence-electron chi connectivity index (χ2n) is 6.13. The first-order valence-electron chi connectivity index (χ1n) is 8.76. The van der Waals surface area contributed by atoms with Crippen molar-refractivity contribution < 1.29 is 13.6 Å². The van der Waals surface area contributed by atoms with Gasteiger partial charge in [-0.05, 0) is 43.0 Å². The molecule has 1 fully saturated rings. The third-order valence-corrected chi connectivity index (χ3v) is 4.93. The number of halogens is 4. The van der Waals surface area contributed by atoms with Crippen molar-refractivity contribution >= 4 is 40.0 Å². The van der Waals surface area contributed by atoms with E-state index in [4.69, 9.17) is 23.2 Å². The lowest BCUT2D eigenvalue weighted by Crippen LogP contribution is -2.34. The lowest BCUT2D eigenvalue weighted by molar-refractivity contribution is -0.0452. The summed E-state index contributed by atoms with van der Waals surface area (Å²) in [4.78, 5) is 16.7. The van der Waals surface area contributed by atoms with Crippen molar-refractivity contribution in [3.63, 3.8) is 0 Å². The van der Waals surface area contributed by atoms with E-state index in [0.29, 0.717) is 46.0 Å². The van der Waals surface area contributed by atoms with Crippen LogP contribution in [-0.2, 0) is 0 Å². The van der Waals surface area contributed by atoms with Crippen LogP contribution in [0.5, 0.6) is 0 Å². The molecule has 1 aromatic carbocycles. The van der Waals surface area contributed by atoms with E-state index in [9.17, 15) is 13.6 Å². The Kier molecular flexibility index (Phi) is 7.18. The molecule has 1 aromatic heterocycles. The number of aromatic nitrogens is 1. The average molecular weight is 403 g/mol. The molecule has 3 rings (SSSR count). The third-order valence-electron chi connectivity index (χ3n) is 4.40. The maximum Gasteiger partial charge on any atom is 0.253 e. The normalized spacial score (nSPS) is 16.7. The first-order chi connectivity index (χ1) is 12.4. The van der Waals surface area contributed by atoms with Crippen molar-refractivity contribution in [2.75, 3.05) is 6.54 Å². The van der Waals surface area contributed by atoms with Crippen LogP contribution in [0, 0.1) is 5.92 Å². The number of hydrogen-bond acceptors (Lipinski definition) is 2. The molecule has 0 atom stereocenters. The molecule has 0 spiro atoms. The van der Waals surface area contributed by atoms with Gasteiger partial charge in [0.1, 0.15) is 5.15 Å². The van der Waals surface area contributed by atoms with Crippen molar-refractivity contribution in [1.29, 1.82) is 0 Å². The fraction of sp³-hybridized carbons (Fsp3) is 0.474. The van der Waals surface area contributed by atoms with E-state index in [0.717, 1.165) is 0 Å². The molecule has 142 valence electrons. The molecule has 1 heterocycles. The summed E-state index contributed by atoms with van der Waals surface area (Å²) in [5, 5.41) is 4.08. The molecule has 0 saturated heterocycles. The van der Waals surface area contributed by atoms with E-state index in [1.165, 1.54) is 0 Å². The Labute approximate surface area is 162 Å². The van der Waals surface area contributed by atoms with Gasteiger partial charge in [-0.25, -0.2) is 13.8 Å². The molecular formula is C19H22Cl2F2N2O. The van der Waals surface area contributed by atoms with Crippen molar-refractivity contribution in [1.82, 2.24) is 10.3 Å². The van der Waals surface area contributed by atoms with Crippen molar-refractivity contribution in [3.8, 4) is 0 Å². The summed E-state index contributed by atoms with van der Waals surface area (Å²) in [6.45, 7) is 4.36. The zero-order valence-electron chi connectivity index (χ0n) is 14.8. The van der Waals surface area contributed by atoms with Gasteiger partial charge in [0.05, 0.1) is 16.1 Å². The monoisotopic (exact) mass is 402 g/mol. The topological polar surface area (TPSA) is 42.0 Å². The summed E-state index contributed by atoms with van der Waals surface area (Å²) in [6, 6.07) is 6.60. The molecule has 0 bridgehead atoms. The highest BCUT2D eigenvalue weighted by atomic mass is 35.5. The van der Waals surface area contributed by atoms with Gasteiger partial charge in [0.2, 0.25) is 5.92 Å². The zero-order valence-corrected chi connectivity index (χ0v) is 16.3. The van der Waals surface area contributed by atoms with Crippen LogP contribution < -0.4 is 5.32 Å². The molecule has 1 saturated carbocycles. The Morgan fingerprint density at radius 2 is 1.85 bits per heavy atom. The first kappa shape index (κ1) is 20.8. The van der Waals surface area contributed by atoms with Gasteiger partial charge in [-0.1, -0.05) is 37.0 Å². The minimum absolute atomic E-state index is 0.0647. The summed E-state index contributed by atoms with van der Waals surface area (Å²) in [5.74, 6) is -2.83. The Morgan fingerprint density at radius 3 is 2.50 bits per heavy atom. The van der Waals surface area contributed by atoms with Crippen LogP contribution in [-0.4, -0.2) is 23.4 Å². The number of amides is 1. The molecule has 2 aromatic rings. The van der Waals surface area contributed by atoms with Crippen molar-refractivity contribution in [2.24, 2.45) is 5.92 Å². The van der Waals surface area contributed by atoms with Crippen molar-refractivity contribution in [3.05, 3.63) is 40.0 Å². The van der Waals surface area contributed by atoms with Gasteiger partial charge in [0, 0.05) is 24.8 Å². The third kappa shape index (κ3) is 5.04. The van der Waals surface area contributed by atoms with Crippen LogP contribution in [0.2, 0.25) is 10.2 Å². The quantitative estimate of drug-likeness (QED) is 0.627. The van der Waals surface area contributed by atoms with Gasteiger partial charge >= 0.3 is 0 Å². The highest BCUT2D eigenvalue weighted by Gasteiger charge is 2.34. The number of hydrogen-bond donors (Lipinski definition) is 1. The van der Waals surface area contributed by atoms with Gasteiger partial charge in [-0.15, -0.1) is 0 Å². The number of nitrogens with one attached hydrogen (secondary N) is 1. The summed E-state index contributed by atoms with van der Waals surface area (Å²) in [7, 11) is 0. The number of carbonyl (C=O) groups excluding carboxylic acids is 1. The summed E-state index contributed by atoms with van der Waals surface area (Å²) in [6.07, 6.45) is 0.581. The van der Waals surface area contributed by atoms with Crippen LogP contribution in [0.15, 0.2) is 24.3 Å². The Balaban J connectivity index is 0.00000117. The van der Waals surface area contributed by atoms with Crippen molar-refractivity contribution in [2.45, 2.75) is 45.5 Å². The number of rotatable bonds is 3. The van der Waals surface area contributed by atoms with Crippen LogP contribution in [0.4, 0.5) is 8.78 Å². The molecule has 1 aliphatic rings. The predicted octanol–water partition coefficient (Wildman–Crippen LogP) is 6.12. The lowest BCUT2D eigenvalue weighted by Gasteiger charge is -2.28. The van der Waals surface area contributed by atoms with Gasteiger partial charge in [-0.3, -0.25) is 4.79 Å². The average Bonchev–Trinajstić information content (AvgIpc) is 2.62. The highest BCUT2D eigenvalue weighted by molar-refractivity contribution is 6.35. The van der Waals surface area contributed by atoms with Crippen LogP contribution in [0.25, 0.3) is 10.9 Å². The maximum atomic E-state index is 13.2. The largest absolute Gasteiger partial charge is 0.352 e. The molecule has 3 nitrogen and oxygen atoms in total. The maximum absolute atomic E-state index is 13.2. The number of nitrogens with zero attached hydrogens (tertiary/aromatic N) is 1. The number of alkyl halides is 2. The molecule has 1 N–H and O–H groups in total. The van der Waals surface area contributed by atoms with Gasteiger partial charge in [0.25, 0.3) is 5.91 Å². The Morgan fingerprint density at radius 1 is 1.19 bits per heavy atom. The van der Waals surface area contributed by atoms with E-state index in [1.54, 1.807) is 24.3 Å². The lowest BCUT2D eigenvalue weighted by atomic mass is 9.87. The molecule has 0 aliphatic heterocycles. The molecular weight excluding hydrogens is 381 g/mol. The van der Waals surface area contributed by atoms with Gasteiger partial charge in [-0.2, -0.15) is 0 Å². The van der Waals surface area contributed by atoms with Gasteiger partial charge in [0.15, 0.2) is 0 Å². The molecule has 26 heavy (non-hydrogen) atoms. The zero-order chi connectivity index (χ0) is 19.3. The second-order valence-corrected chi connectivity index (χ2v) is 6.93. The van der Waals surface area contributed by atoms with E-state index in [2.05, 4.69) is 10.3 Å². The van der Waals surface area contributed by atoms with E-state index < -0.39 is 5.92 Å². The molecule has 0 radical (unpaired) electrons. The Bertz CT molecular complexity index is 773. The highest BCUT2D eigenvalue weighted by Crippen LogP contribution is 2.36. The molecule has 1 aliphatic carbocycles. The standard InChI is InChI=1S/C17H16Cl2F2N2O.C2H6/c18-12-2-3-13-11(1-4-14(19)23-13)15(12)16(24)22-9-10-5-7-17(20,21)8-6-10;1-2/h1-4,10H,5-9H2,(H,22,24);1-2H3. The fourth-order valence-corrected chi connectivity index (χ4v) is 3.42. The molecule has 7 heteroatoms. The van der Waals surface area contributed by atoms with E-state index in [-0.39, 0.29) is 24.7 Å². The van der Waals surface area contributed by atoms with Crippen LogP contribution in [0.3, 0.4) is 0 Å². The van der Waals surface area contributed by atoms with Gasteiger partial charge < -0.3 is 5.32 Å². The number of fused-ring (bicyclic) bond motifs is 1. The number of carbonyl (C=O) groups is 1. The van der Waals surface area contributed by atoms with E-state index in [1.807, 2.05) is 13.8 Å². The Hall–Kier alpha value is -1.46.